The predicted molar refractivity (Wildman–Crippen MR) is 117 cm³/mol. The van der Waals surface area contributed by atoms with Crippen molar-refractivity contribution in [3.8, 4) is 0 Å². The summed E-state index contributed by atoms with van der Waals surface area (Å²) < 4.78 is 30.1. The molecule has 1 saturated heterocycles. The molecule has 0 unspecified atom stereocenters. The summed E-state index contributed by atoms with van der Waals surface area (Å²) in [5.41, 5.74) is 0. The second kappa shape index (κ2) is 15.8. The molecule has 0 spiro atoms. The van der Waals surface area contributed by atoms with Crippen LogP contribution < -0.4 is 0 Å². The Balaban J connectivity index is 2.49. The summed E-state index contributed by atoms with van der Waals surface area (Å²) in [6.07, 6.45) is 15.5. The highest BCUT2D eigenvalue weighted by atomic mass is 28.4. The second-order valence-corrected chi connectivity index (χ2v) is 11.0. The monoisotopic (exact) mass is 418 g/mol. The summed E-state index contributed by atoms with van der Waals surface area (Å²) in [6.45, 7) is 6.38. The van der Waals surface area contributed by atoms with Crippen LogP contribution in [0.1, 0.15) is 97.3 Å². The Hall–Kier alpha value is 0.0169. The minimum atomic E-state index is -2.66. The highest BCUT2D eigenvalue weighted by Crippen LogP contribution is 2.29. The van der Waals surface area contributed by atoms with Gasteiger partial charge in [0, 0.05) is 26.7 Å². The minimum absolute atomic E-state index is 0.407. The zero-order valence-electron chi connectivity index (χ0n) is 19.1. The van der Waals surface area contributed by atoms with E-state index in [2.05, 4.69) is 13.8 Å². The van der Waals surface area contributed by atoms with Gasteiger partial charge in [0.2, 0.25) is 0 Å². The molecule has 168 valence electrons. The van der Waals surface area contributed by atoms with E-state index in [1.165, 1.54) is 57.8 Å². The molecule has 5 nitrogen and oxygen atoms in total. The van der Waals surface area contributed by atoms with Crippen LogP contribution in [0.25, 0.3) is 0 Å². The first-order valence-electron chi connectivity index (χ1n) is 11.7. The SMILES string of the molecule is CCCCCCCC[Si](OC)(OC)OCC1(CCCCCCC)OCCCO1. The van der Waals surface area contributed by atoms with Gasteiger partial charge in [0.1, 0.15) is 0 Å². The van der Waals surface area contributed by atoms with Gasteiger partial charge in [0.25, 0.3) is 0 Å². The van der Waals surface area contributed by atoms with Crippen molar-refractivity contribution in [2.75, 3.05) is 34.0 Å². The minimum Gasteiger partial charge on any atom is -0.377 e. The molecule has 0 aromatic carbocycles. The summed E-state index contributed by atoms with van der Waals surface area (Å²) in [5.74, 6) is -0.624. The first-order valence-corrected chi connectivity index (χ1v) is 13.6. The first kappa shape index (κ1) is 26.1. The van der Waals surface area contributed by atoms with Gasteiger partial charge in [0.05, 0.1) is 19.8 Å². The zero-order chi connectivity index (χ0) is 20.6. The average Bonchev–Trinajstić information content (AvgIpc) is 2.74. The smallest absolute Gasteiger partial charge is 0.377 e. The van der Waals surface area contributed by atoms with Crippen LogP contribution in [0, 0.1) is 0 Å². The summed E-state index contributed by atoms with van der Waals surface area (Å²) in [4.78, 5) is 0. The third-order valence-electron chi connectivity index (χ3n) is 5.65. The van der Waals surface area contributed by atoms with Crippen LogP contribution in [-0.4, -0.2) is 48.6 Å². The van der Waals surface area contributed by atoms with Gasteiger partial charge < -0.3 is 22.8 Å². The number of hydrogen-bond donors (Lipinski definition) is 0. The highest BCUT2D eigenvalue weighted by molar-refractivity contribution is 6.60. The largest absolute Gasteiger partial charge is 0.500 e. The van der Waals surface area contributed by atoms with Crippen molar-refractivity contribution >= 4 is 8.80 Å². The summed E-state index contributed by atoms with van der Waals surface area (Å²) in [6, 6.07) is 0.860. The van der Waals surface area contributed by atoms with Gasteiger partial charge in [-0.25, -0.2) is 0 Å². The molecule has 0 bridgehead atoms. The van der Waals surface area contributed by atoms with Crippen LogP contribution in [0.15, 0.2) is 0 Å². The van der Waals surface area contributed by atoms with Crippen molar-refractivity contribution in [2.45, 2.75) is 109 Å². The van der Waals surface area contributed by atoms with Gasteiger partial charge in [0.15, 0.2) is 5.79 Å². The van der Waals surface area contributed by atoms with Crippen LogP contribution in [0.4, 0.5) is 0 Å². The fourth-order valence-corrected chi connectivity index (χ4v) is 5.81. The van der Waals surface area contributed by atoms with E-state index in [9.17, 15) is 0 Å². The molecular weight excluding hydrogens is 372 g/mol. The van der Waals surface area contributed by atoms with Crippen LogP contribution in [0.5, 0.6) is 0 Å². The molecule has 0 aromatic rings. The lowest BCUT2D eigenvalue weighted by molar-refractivity contribution is -0.285. The van der Waals surface area contributed by atoms with E-state index in [-0.39, 0.29) is 0 Å². The van der Waals surface area contributed by atoms with Crippen LogP contribution in [0.2, 0.25) is 6.04 Å². The van der Waals surface area contributed by atoms with Gasteiger partial charge in [-0.2, -0.15) is 0 Å². The van der Waals surface area contributed by atoms with E-state index in [4.69, 9.17) is 22.8 Å². The average molecular weight is 419 g/mol. The summed E-state index contributed by atoms with van der Waals surface area (Å²) in [5, 5.41) is 0. The van der Waals surface area contributed by atoms with Crippen LogP contribution >= 0.6 is 0 Å². The van der Waals surface area contributed by atoms with Crippen molar-refractivity contribution in [1.82, 2.24) is 0 Å². The van der Waals surface area contributed by atoms with E-state index < -0.39 is 14.6 Å². The van der Waals surface area contributed by atoms with Gasteiger partial charge >= 0.3 is 8.80 Å². The molecule has 0 atom stereocenters. The van der Waals surface area contributed by atoms with Gasteiger partial charge in [-0.15, -0.1) is 0 Å². The van der Waals surface area contributed by atoms with Crippen molar-refractivity contribution < 1.29 is 22.8 Å². The standard InChI is InChI=1S/C22H46O5Si/c1-5-7-9-11-13-15-20-28(23-3,24-4)27-21-22(25-18-16-19-26-22)17-14-12-10-8-6-2/h5-21H2,1-4H3. The molecule has 0 amide bonds. The Labute approximate surface area is 175 Å². The quantitative estimate of drug-likeness (QED) is 0.199. The number of hydrogen-bond acceptors (Lipinski definition) is 5. The van der Waals surface area contributed by atoms with Crippen molar-refractivity contribution in [2.24, 2.45) is 0 Å². The molecule has 0 N–H and O–H groups in total. The van der Waals surface area contributed by atoms with Crippen molar-refractivity contribution in [1.29, 1.82) is 0 Å². The number of rotatable bonds is 18. The molecule has 6 heteroatoms. The lowest BCUT2D eigenvalue weighted by Crippen LogP contribution is -2.51. The van der Waals surface area contributed by atoms with Crippen LogP contribution in [0.3, 0.4) is 0 Å². The Morgan fingerprint density at radius 3 is 1.86 bits per heavy atom. The van der Waals surface area contributed by atoms with E-state index >= 15 is 0 Å². The van der Waals surface area contributed by atoms with E-state index in [0.29, 0.717) is 6.61 Å². The number of ether oxygens (including phenoxy) is 2. The Morgan fingerprint density at radius 2 is 1.29 bits per heavy atom. The topological polar surface area (TPSA) is 46.2 Å². The molecule has 0 aromatic heterocycles. The molecule has 1 heterocycles. The Bertz CT molecular complexity index is 357. The second-order valence-electron chi connectivity index (χ2n) is 8.02. The zero-order valence-corrected chi connectivity index (χ0v) is 20.1. The summed E-state index contributed by atoms with van der Waals surface area (Å²) in [7, 11) is 0.767. The third kappa shape index (κ3) is 10.2. The Kier molecular flexibility index (Phi) is 14.7. The van der Waals surface area contributed by atoms with E-state index in [0.717, 1.165) is 44.9 Å². The lowest BCUT2D eigenvalue weighted by atomic mass is 10.1. The molecule has 1 fully saturated rings. The van der Waals surface area contributed by atoms with Gasteiger partial charge in [-0.3, -0.25) is 0 Å². The maximum absolute atomic E-state index is 6.32. The molecule has 28 heavy (non-hydrogen) atoms. The predicted octanol–water partition coefficient (Wildman–Crippen LogP) is 6.09. The molecule has 1 aliphatic heterocycles. The summed E-state index contributed by atoms with van der Waals surface area (Å²) >= 11 is 0. The van der Waals surface area contributed by atoms with Gasteiger partial charge in [-0.1, -0.05) is 71.6 Å². The Morgan fingerprint density at radius 1 is 0.750 bits per heavy atom. The maximum Gasteiger partial charge on any atom is 0.500 e. The molecule has 0 saturated carbocycles. The molecule has 1 aliphatic rings. The fraction of sp³-hybridized carbons (Fsp3) is 1.00. The maximum atomic E-state index is 6.32. The number of unbranched alkanes of at least 4 members (excludes halogenated alkanes) is 9. The molecule has 0 radical (unpaired) electrons. The van der Waals surface area contributed by atoms with E-state index in [1.807, 2.05) is 0 Å². The normalized spacial score (nSPS) is 17.1. The van der Waals surface area contributed by atoms with Crippen molar-refractivity contribution in [3.63, 3.8) is 0 Å². The molecule has 0 aliphatic carbocycles. The third-order valence-corrected chi connectivity index (χ3v) is 8.44. The highest BCUT2D eigenvalue weighted by Gasteiger charge is 2.43. The fourth-order valence-electron chi connectivity index (χ4n) is 3.73. The van der Waals surface area contributed by atoms with Gasteiger partial charge in [-0.05, 0) is 19.3 Å². The van der Waals surface area contributed by atoms with Crippen LogP contribution in [-0.2, 0) is 22.8 Å². The lowest BCUT2D eigenvalue weighted by Gasteiger charge is -2.39. The molecular formula is C22H46O5Si. The van der Waals surface area contributed by atoms with Crippen molar-refractivity contribution in [3.05, 3.63) is 0 Å². The molecule has 1 rings (SSSR count). The van der Waals surface area contributed by atoms with E-state index in [1.54, 1.807) is 14.2 Å². The first-order chi connectivity index (χ1) is 13.7.